The van der Waals surface area contributed by atoms with E-state index in [1.165, 1.54) is 30.3 Å². The monoisotopic (exact) mass is 493 g/mol. The third-order valence-electron chi connectivity index (χ3n) is 5.02. The molecule has 3 aromatic rings. The minimum absolute atomic E-state index is 0.00505. The van der Waals surface area contributed by atoms with Crippen LogP contribution in [0.2, 0.25) is 5.02 Å². The van der Waals surface area contributed by atoms with E-state index in [0.29, 0.717) is 11.3 Å². The number of nitro groups is 1. The Hall–Kier alpha value is -4.70. The summed E-state index contributed by atoms with van der Waals surface area (Å²) in [5, 5.41) is 21.9. The number of hydrogen-bond acceptors (Lipinski definition) is 6. The number of halogens is 1. The van der Waals surface area contributed by atoms with Crippen molar-refractivity contribution in [2.24, 2.45) is 0 Å². The zero-order valence-corrected chi connectivity index (χ0v) is 18.6. The molecule has 11 heteroatoms. The van der Waals surface area contributed by atoms with E-state index in [1.54, 1.807) is 36.4 Å². The number of amides is 2. The van der Waals surface area contributed by atoms with E-state index >= 15 is 0 Å². The third-order valence-corrected chi connectivity index (χ3v) is 5.24. The molecule has 0 unspecified atom stereocenters. The summed E-state index contributed by atoms with van der Waals surface area (Å²) >= 11 is 6.07. The predicted molar refractivity (Wildman–Crippen MR) is 126 cm³/mol. The number of carboxylic acid groups (broad SMARTS) is 1. The van der Waals surface area contributed by atoms with Gasteiger partial charge >= 0.3 is 11.7 Å². The number of nitrogens with one attached hydrogen (secondary N) is 1. The van der Waals surface area contributed by atoms with Crippen molar-refractivity contribution in [2.75, 3.05) is 5.01 Å². The lowest BCUT2D eigenvalue weighted by atomic mass is 10.1. The van der Waals surface area contributed by atoms with Crippen LogP contribution in [0.4, 0.5) is 11.4 Å². The molecule has 0 atom stereocenters. The van der Waals surface area contributed by atoms with Gasteiger partial charge in [-0.25, -0.2) is 9.80 Å². The Balaban J connectivity index is 1.72. The van der Waals surface area contributed by atoms with Crippen molar-refractivity contribution in [2.45, 2.75) is 6.61 Å². The number of hydrazine groups is 1. The van der Waals surface area contributed by atoms with Gasteiger partial charge in [-0.3, -0.25) is 25.1 Å². The van der Waals surface area contributed by atoms with Gasteiger partial charge in [-0.2, -0.15) is 0 Å². The SMILES string of the molecule is O=C1NN(c2ccccc2)C(=O)C1=Cc1cc(Cl)cc([N+](=O)[O-])c1OCc1cccc(C(=O)O)c1. The average Bonchev–Trinajstić information content (AvgIpc) is 3.12. The van der Waals surface area contributed by atoms with E-state index in [0.717, 1.165) is 11.1 Å². The number of aromatic carboxylic acids is 1. The maximum atomic E-state index is 12.9. The van der Waals surface area contributed by atoms with Gasteiger partial charge in [0.1, 0.15) is 12.2 Å². The molecule has 4 rings (SSSR count). The largest absolute Gasteiger partial charge is 0.482 e. The molecule has 1 aliphatic heterocycles. The van der Waals surface area contributed by atoms with Crippen LogP contribution in [0.5, 0.6) is 5.75 Å². The van der Waals surface area contributed by atoms with E-state index < -0.39 is 28.4 Å². The summed E-state index contributed by atoms with van der Waals surface area (Å²) in [5.74, 6) is -2.74. The second-order valence-electron chi connectivity index (χ2n) is 7.37. The maximum absolute atomic E-state index is 12.9. The Morgan fingerprint density at radius 2 is 1.86 bits per heavy atom. The van der Waals surface area contributed by atoms with E-state index in [4.69, 9.17) is 16.3 Å². The molecule has 2 amide bonds. The zero-order chi connectivity index (χ0) is 25.1. The van der Waals surface area contributed by atoms with Gasteiger partial charge in [0.25, 0.3) is 11.8 Å². The molecule has 35 heavy (non-hydrogen) atoms. The lowest BCUT2D eigenvalue weighted by Crippen LogP contribution is -2.35. The van der Waals surface area contributed by atoms with Crippen LogP contribution in [0.3, 0.4) is 0 Å². The normalized spacial score (nSPS) is 14.2. The predicted octanol–water partition coefficient (Wildman–Crippen LogP) is 3.99. The van der Waals surface area contributed by atoms with E-state index in [-0.39, 0.29) is 34.1 Å². The first-order chi connectivity index (χ1) is 16.7. The molecule has 1 heterocycles. The minimum Gasteiger partial charge on any atom is -0.482 e. The van der Waals surface area contributed by atoms with Crippen LogP contribution in [0.1, 0.15) is 21.5 Å². The van der Waals surface area contributed by atoms with Crippen LogP contribution in [0, 0.1) is 10.1 Å². The van der Waals surface area contributed by atoms with Crippen molar-refractivity contribution >= 4 is 46.8 Å². The first-order valence-electron chi connectivity index (χ1n) is 10.1. The van der Waals surface area contributed by atoms with Gasteiger partial charge in [-0.15, -0.1) is 0 Å². The second-order valence-corrected chi connectivity index (χ2v) is 7.81. The Labute approximate surface area is 203 Å². The molecule has 1 saturated heterocycles. The molecule has 0 saturated carbocycles. The van der Waals surface area contributed by atoms with Crippen LogP contribution in [-0.2, 0) is 16.2 Å². The lowest BCUT2D eigenvalue weighted by molar-refractivity contribution is -0.385. The number of nitrogens with zero attached hydrogens (tertiary/aromatic N) is 2. The van der Waals surface area contributed by atoms with E-state index in [1.807, 2.05) is 0 Å². The molecular weight excluding hydrogens is 478 g/mol. The lowest BCUT2D eigenvalue weighted by Gasteiger charge is -2.14. The van der Waals surface area contributed by atoms with Crippen LogP contribution in [0.25, 0.3) is 6.08 Å². The summed E-state index contributed by atoms with van der Waals surface area (Å²) in [4.78, 5) is 47.7. The molecule has 0 radical (unpaired) electrons. The van der Waals surface area contributed by atoms with Crippen molar-refractivity contribution in [3.63, 3.8) is 0 Å². The summed E-state index contributed by atoms with van der Waals surface area (Å²) in [5.41, 5.74) is 2.62. The van der Waals surface area contributed by atoms with Gasteiger partial charge < -0.3 is 9.84 Å². The Bertz CT molecular complexity index is 1390. The highest BCUT2D eigenvalue weighted by atomic mass is 35.5. The number of benzene rings is 3. The van der Waals surface area contributed by atoms with Crippen LogP contribution >= 0.6 is 11.6 Å². The first-order valence-corrected chi connectivity index (χ1v) is 10.5. The molecule has 2 N–H and O–H groups in total. The van der Waals surface area contributed by atoms with Gasteiger partial charge in [0.15, 0.2) is 0 Å². The molecule has 176 valence electrons. The number of ether oxygens (including phenoxy) is 1. The van der Waals surface area contributed by atoms with Crippen molar-refractivity contribution < 1.29 is 29.2 Å². The highest BCUT2D eigenvalue weighted by molar-refractivity contribution is 6.32. The number of para-hydroxylation sites is 1. The molecule has 0 aromatic heterocycles. The fourth-order valence-electron chi connectivity index (χ4n) is 3.42. The van der Waals surface area contributed by atoms with Crippen molar-refractivity contribution in [3.05, 3.63) is 104 Å². The fourth-order valence-corrected chi connectivity index (χ4v) is 3.64. The molecule has 1 aliphatic rings. The second kappa shape index (κ2) is 9.65. The molecule has 10 nitrogen and oxygen atoms in total. The van der Waals surface area contributed by atoms with Crippen molar-refractivity contribution in [1.29, 1.82) is 0 Å². The minimum atomic E-state index is -1.14. The van der Waals surface area contributed by atoms with Gasteiger partial charge in [0, 0.05) is 16.7 Å². The summed E-state index contributed by atoms with van der Waals surface area (Å²) in [6.45, 7) is -0.212. The summed E-state index contributed by atoms with van der Waals surface area (Å²) in [6, 6.07) is 16.7. The Kier molecular flexibility index (Phi) is 6.47. The zero-order valence-electron chi connectivity index (χ0n) is 17.8. The van der Waals surface area contributed by atoms with Crippen LogP contribution < -0.4 is 15.2 Å². The topological polar surface area (TPSA) is 139 Å². The van der Waals surface area contributed by atoms with E-state index in [9.17, 15) is 29.6 Å². The van der Waals surface area contributed by atoms with Gasteiger partial charge in [-0.1, -0.05) is 41.9 Å². The molecular formula is C24H16ClN3O7. The average molecular weight is 494 g/mol. The number of anilines is 1. The number of carbonyl (C=O) groups is 3. The third kappa shape index (κ3) is 4.97. The highest BCUT2D eigenvalue weighted by Gasteiger charge is 2.35. The molecule has 0 aliphatic carbocycles. The van der Waals surface area contributed by atoms with Crippen LogP contribution in [0.15, 0.2) is 72.3 Å². The van der Waals surface area contributed by atoms with Crippen molar-refractivity contribution in [1.82, 2.24) is 5.43 Å². The van der Waals surface area contributed by atoms with Gasteiger partial charge in [-0.05, 0) is 42.0 Å². The number of rotatable bonds is 7. The number of carbonyl (C=O) groups excluding carboxylic acids is 2. The smallest absolute Gasteiger partial charge is 0.335 e. The first kappa shape index (κ1) is 23.5. The standard InChI is InChI=1S/C24H16ClN3O7/c25-17-10-16(11-19-22(29)26-27(23(19)30)18-7-2-1-3-8-18)21(20(12-17)28(33)34)35-13-14-5-4-6-15(9-14)24(31)32/h1-12H,13H2,(H,26,29)(H,31,32). The number of carboxylic acids is 1. The highest BCUT2D eigenvalue weighted by Crippen LogP contribution is 2.37. The summed E-state index contributed by atoms with van der Waals surface area (Å²) in [6.07, 6.45) is 1.17. The fraction of sp³-hybridized carbons (Fsp3) is 0.0417. The van der Waals surface area contributed by atoms with Gasteiger partial charge in [0.2, 0.25) is 5.75 Å². The van der Waals surface area contributed by atoms with E-state index in [2.05, 4.69) is 5.43 Å². The molecule has 3 aromatic carbocycles. The molecule has 0 spiro atoms. The maximum Gasteiger partial charge on any atom is 0.335 e. The Morgan fingerprint density at radius 1 is 1.11 bits per heavy atom. The van der Waals surface area contributed by atoms with Crippen molar-refractivity contribution in [3.8, 4) is 5.75 Å². The van der Waals surface area contributed by atoms with Crippen LogP contribution in [-0.4, -0.2) is 27.8 Å². The molecule has 1 fully saturated rings. The number of nitro benzene ring substituents is 1. The summed E-state index contributed by atoms with van der Waals surface area (Å²) in [7, 11) is 0. The summed E-state index contributed by atoms with van der Waals surface area (Å²) < 4.78 is 5.70. The van der Waals surface area contributed by atoms with Gasteiger partial charge in [0.05, 0.1) is 16.2 Å². The quantitative estimate of drug-likeness (QED) is 0.219. The molecule has 0 bridgehead atoms. The Morgan fingerprint density at radius 3 is 2.54 bits per heavy atom. The number of hydrogen-bond donors (Lipinski definition) is 2.